The second kappa shape index (κ2) is 5.71. The molecule has 0 radical (unpaired) electrons. The summed E-state index contributed by atoms with van der Waals surface area (Å²) in [5, 5.41) is 0. The predicted octanol–water partition coefficient (Wildman–Crippen LogP) is 2.03. The van der Waals surface area contributed by atoms with Gasteiger partial charge in [-0.1, -0.05) is 13.3 Å². The van der Waals surface area contributed by atoms with Gasteiger partial charge in [0.05, 0.1) is 0 Å². The highest BCUT2D eigenvalue weighted by atomic mass is 14.8. The summed E-state index contributed by atoms with van der Waals surface area (Å²) < 4.78 is 0. The number of nitrogens with two attached hydrogens (primary N) is 2. The molecular weight excluding hydrogens is 186 g/mol. The molecule has 4 N–H and O–H groups in total. The fraction of sp³-hybridized carbons (Fsp3) is 0.583. The molecule has 1 aromatic rings. The van der Waals surface area contributed by atoms with Gasteiger partial charge in [-0.25, -0.2) is 4.98 Å². The molecule has 1 unspecified atom stereocenters. The predicted molar refractivity (Wildman–Crippen MR) is 64.6 cm³/mol. The number of aryl methyl sites for hydroxylation is 1. The van der Waals surface area contributed by atoms with Crippen LogP contribution in [0.4, 0.5) is 5.82 Å². The fourth-order valence-corrected chi connectivity index (χ4v) is 1.78. The summed E-state index contributed by atoms with van der Waals surface area (Å²) in [6.07, 6.45) is 5.90. The van der Waals surface area contributed by atoms with Crippen molar-refractivity contribution < 1.29 is 0 Å². The molecule has 15 heavy (non-hydrogen) atoms. The van der Waals surface area contributed by atoms with Gasteiger partial charge in [-0.05, 0) is 43.4 Å². The highest BCUT2D eigenvalue weighted by Gasteiger charge is 2.07. The average molecular weight is 207 g/mol. The molecule has 0 aliphatic carbocycles. The molecule has 0 amide bonds. The molecular formula is C12H21N3. The Morgan fingerprint density at radius 3 is 2.73 bits per heavy atom. The third kappa shape index (κ3) is 3.51. The van der Waals surface area contributed by atoms with E-state index < -0.39 is 0 Å². The van der Waals surface area contributed by atoms with E-state index in [1.54, 1.807) is 6.20 Å². The molecule has 1 atom stereocenters. The smallest absolute Gasteiger partial charge is 0.126 e. The summed E-state index contributed by atoms with van der Waals surface area (Å²) >= 11 is 0. The number of hydrogen-bond donors (Lipinski definition) is 2. The number of nitrogen functional groups attached to an aromatic ring is 1. The monoisotopic (exact) mass is 207 g/mol. The minimum atomic E-state index is 0.286. The maximum Gasteiger partial charge on any atom is 0.126 e. The Hall–Kier alpha value is -1.09. The van der Waals surface area contributed by atoms with Crippen molar-refractivity contribution in [2.75, 3.05) is 5.73 Å². The van der Waals surface area contributed by atoms with E-state index in [-0.39, 0.29) is 6.04 Å². The van der Waals surface area contributed by atoms with E-state index in [1.807, 2.05) is 6.07 Å². The van der Waals surface area contributed by atoms with Crippen molar-refractivity contribution in [1.29, 1.82) is 0 Å². The molecule has 0 fully saturated rings. The van der Waals surface area contributed by atoms with Crippen molar-refractivity contribution in [1.82, 2.24) is 4.98 Å². The SMILES string of the molecule is CCCC(N)CCc1c(C)ccnc1N. The van der Waals surface area contributed by atoms with Gasteiger partial charge in [0, 0.05) is 12.2 Å². The maximum atomic E-state index is 5.97. The summed E-state index contributed by atoms with van der Waals surface area (Å²) in [5.41, 5.74) is 14.2. The summed E-state index contributed by atoms with van der Waals surface area (Å²) in [7, 11) is 0. The molecule has 3 nitrogen and oxygen atoms in total. The fourth-order valence-electron chi connectivity index (χ4n) is 1.78. The Labute approximate surface area is 91.9 Å². The van der Waals surface area contributed by atoms with E-state index in [1.165, 1.54) is 5.56 Å². The van der Waals surface area contributed by atoms with Crippen molar-refractivity contribution in [3.05, 3.63) is 23.4 Å². The molecule has 0 aromatic carbocycles. The van der Waals surface area contributed by atoms with Crippen LogP contribution in [-0.2, 0) is 6.42 Å². The first kappa shape index (κ1) is 12.0. The first-order valence-electron chi connectivity index (χ1n) is 5.60. The zero-order chi connectivity index (χ0) is 11.3. The van der Waals surface area contributed by atoms with E-state index in [2.05, 4.69) is 18.8 Å². The standard InChI is InChI=1S/C12H21N3/c1-3-4-10(13)5-6-11-9(2)7-8-15-12(11)14/h7-8,10H,3-6,13H2,1-2H3,(H2,14,15). The van der Waals surface area contributed by atoms with Crippen LogP contribution in [0.3, 0.4) is 0 Å². The molecule has 0 saturated carbocycles. The lowest BCUT2D eigenvalue weighted by Crippen LogP contribution is -2.20. The quantitative estimate of drug-likeness (QED) is 0.776. The third-order valence-corrected chi connectivity index (χ3v) is 2.75. The Bertz CT molecular complexity index is 289. The number of anilines is 1. The van der Waals surface area contributed by atoms with Crippen LogP contribution >= 0.6 is 0 Å². The van der Waals surface area contributed by atoms with Gasteiger partial charge in [0.2, 0.25) is 0 Å². The number of aromatic nitrogens is 1. The number of rotatable bonds is 5. The van der Waals surface area contributed by atoms with Gasteiger partial charge in [-0.15, -0.1) is 0 Å². The van der Waals surface area contributed by atoms with Crippen LogP contribution in [0.5, 0.6) is 0 Å². The Balaban J connectivity index is 2.57. The zero-order valence-electron chi connectivity index (χ0n) is 9.66. The van der Waals surface area contributed by atoms with Crippen molar-refractivity contribution in [3.8, 4) is 0 Å². The van der Waals surface area contributed by atoms with Gasteiger partial charge in [0.1, 0.15) is 5.82 Å². The third-order valence-electron chi connectivity index (χ3n) is 2.75. The number of nitrogens with zero attached hydrogens (tertiary/aromatic N) is 1. The van der Waals surface area contributed by atoms with Gasteiger partial charge < -0.3 is 11.5 Å². The van der Waals surface area contributed by atoms with Crippen molar-refractivity contribution in [2.45, 2.75) is 45.6 Å². The van der Waals surface area contributed by atoms with E-state index in [9.17, 15) is 0 Å². The van der Waals surface area contributed by atoms with Crippen LogP contribution in [0.25, 0.3) is 0 Å². The first-order valence-corrected chi connectivity index (χ1v) is 5.60. The molecule has 84 valence electrons. The minimum absolute atomic E-state index is 0.286. The number of hydrogen-bond acceptors (Lipinski definition) is 3. The lowest BCUT2D eigenvalue weighted by atomic mass is 10.0. The highest BCUT2D eigenvalue weighted by Crippen LogP contribution is 2.16. The molecule has 0 bridgehead atoms. The van der Waals surface area contributed by atoms with Gasteiger partial charge in [0.25, 0.3) is 0 Å². The van der Waals surface area contributed by atoms with E-state index >= 15 is 0 Å². The van der Waals surface area contributed by atoms with Crippen LogP contribution in [0, 0.1) is 6.92 Å². The van der Waals surface area contributed by atoms with E-state index in [0.717, 1.165) is 31.2 Å². The van der Waals surface area contributed by atoms with Crippen molar-refractivity contribution in [3.63, 3.8) is 0 Å². The molecule has 1 aromatic heterocycles. The van der Waals surface area contributed by atoms with Crippen LogP contribution in [-0.4, -0.2) is 11.0 Å². The maximum absolute atomic E-state index is 5.97. The molecule has 0 spiro atoms. The molecule has 0 saturated heterocycles. The summed E-state index contributed by atoms with van der Waals surface area (Å²) in [6.45, 7) is 4.22. The zero-order valence-corrected chi connectivity index (χ0v) is 9.66. The second-order valence-electron chi connectivity index (χ2n) is 4.08. The summed E-state index contributed by atoms with van der Waals surface area (Å²) in [6, 6.07) is 2.28. The molecule has 0 aliphatic heterocycles. The Kier molecular flexibility index (Phi) is 4.56. The van der Waals surface area contributed by atoms with Crippen LogP contribution in [0.1, 0.15) is 37.3 Å². The molecule has 0 aliphatic rings. The topological polar surface area (TPSA) is 64.9 Å². The molecule has 3 heteroatoms. The van der Waals surface area contributed by atoms with Crippen LogP contribution < -0.4 is 11.5 Å². The minimum Gasteiger partial charge on any atom is -0.383 e. The average Bonchev–Trinajstić information content (AvgIpc) is 2.17. The first-order chi connectivity index (χ1) is 7.15. The summed E-state index contributed by atoms with van der Waals surface area (Å²) in [4.78, 5) is 4.10. The van der Waals surface area contributed by atoms with Gasteiger partial charge in [0.15, 0.2) is 0 Å². The Morgan fingerprint density at radius 1 is 1.40 bits per heavy atom. The van der Waals surface area contributed by atoms with Crippen molar-refractivity contribution in [2.24, 2.45) is 5.73 Å². The van der Waals surface area contributed by atoms with Gasteiger partial charge in [-0.3, -0.25) is 0 Å². The Morgan fingerprint density at radius 2 is 2.13 bits per heavy atom. The number of pyridine rings is 1. The second-order valence-corrected chi connectivity index (χ2v) is 4.08. The van der Waals surface area contributed by atoms with E-state index in [0.29, 0.717) is 5.82 Å². The molecule has 1 rings (SSSR count). The largest absolute Gasteiger partial charge is 0.383 e. The van der Waals surface area contributed by atoms with Crippen molar-refractivity contribution >= 4 is 5.82 Å². The van der Waals surface area contributed by atoms with Crippen LogP contribution in [0.15, 0.2) is 12.3 Å². The van der Waals surface area contributed by atoms with Crippen LogP contribution in [0.2, 0.25) is 0 Å². The van der Waals surface area contributed by atoms with Gasteiger partial charge >= 0.3 is 0 Å². The normalized spacial score (nSPS) is 12.7. The highest BCUT2D eigenvalue weighted by molar-refractivity contribution is 5.43. The summed E-state index contributed by atoms with van der Waals surface area (Å²) in [5.74, 6) is 0.652. The lowest BCUT2D eigenvalue weighted by Gasteiger charge is -2.12. The molecule has 1 heterocycles. The van der Waals surface area contributed by atoms with E-state index in [4.69, 9.17) is 11.5 Å². The van der Waals surface area contributed by atoms with Gasteiger partial charge in [-0.2, -0.15) is 0 Å². The lowest BCUT2D eigenvalue weighted by molar-refractivity contribution is 0.560.